The van der Waals surface area contributed by atoms with Crippen LogP contribution < -0.4 is 4.90 Å². The van der Waals surface area contributed by atoms with E-state index in [-0.39, 0.29) is 23.0 Å². The second-order valence-electron chi connectivity index (χ2n) is 6.44. The van der Waals surface area contributed by atoms with Gasteiger partial charge < -0.3 is 10.0 Å². The molecule has 1 saturated heterocycles. The summed E-state index contributed by atoms with van der Waals surface area (Å²) in [5, 5.41) is 13.6. The fraction of sp³-hybridized carbons (Fsp3) is 0.533. The van der Waals surface area contributed by atoms with Crippen LogP contribution in [0.15, 0.2) is 23.3 Å². The molecular weight excluding hydrogens is 268 g/mol. The summed E-state index contributed by atoms with van der Waals surface area (Å²) >= 11 is 0. The van der Waals surface area contributed by atoms with Gasteiger partial charge in [0.2, 0.25) is 5.91 Å². The predicted octanol–water partition coefficient (Wildman–Crippen LogP) is 3.35. The minimum absolute atomic E-state index is 0.00564. The third-order valence-corrected chi connectivity index (χ3v) is 3.74. The molecule has 0 aliphatic carbocycles. The first-order valence-corrected chi connectivity index (χ1v) is 6.97. The molecule has 1 aromatic rings. The Morgan fingerprint density at radius 2 is 2.19 bits per heavy atom. The van der Waals surface area contributed by atoms with Crippen molar-refractivity contribution in [1.29, 1.82) is 0 Å². The van der Waals surface area contributed by atoms with Crippen LogP contribution in [0.5, 0.6) is 5.75 Å². The number of nitrogens with zero attached hydrogens (tertiary/aromatic N) is 4. The highest BCUT2D eigenvalue weighted by Crippen LogP contribution is 2.36. The van der Waals surface area contributed by atoms with E-state index in [0.717, 1.165) is 5.56 Å². The molecule has 1 fully saturated rings. The number of anilines is 1. The van der Waals surface area contributed by atoms with Crippen LogP contribution >= 0.6 is 0 Å². The van der Waals surface area contributed by atoms with E-state index in [4.69, 9.17) is 5.53 Å². The molecule has 1 unspecified atom stereocenters. The number of hydrogen-bond acceptors (Lipinski definition) is 3. The van der Waals surface area contributed by atoms with Gasteiger partial charge in [-0.05, 0) is 34.6 Å². The minimum Gasteiger partial charge on any atom is -0.506 e. The number of phenolic OH excluding ortho intramolecular Hbond substituents is 1. The van der Waals surface area contributed by atoms with Gasteiger partial charge in [0.25, 0.3) is 0 Å². The first-order valence-electron chi connectivity index (χ1n) is 6.97. The quantitative estimate of drug-likeness (QED) is 0.525. The molecular formula is C15H20N4O2. The highest BCUT2D eigenvalue weighted by atomic mass is 16.3. The van der Waals surface area contributed by atoms with E-state index in [0.29, 0.717) is 25.2 Å². The van der Waals surface area contributed by atoms with Gasteiger partial charge in [-0.25, -0.2) is 0 Å². The maximum Gasteiger partial charge on any atom is 0.227 e. The van der Waals surface area contributed by atoms with E-state index >= 15 is 0 Å². The molecule has 6 nitrogen and oxygen atoms in total. The maximum atomic E-state index is 12.1. The van der Waals surface area contributed by atoms with Crippen LogP contribution in [0.3, 0.4) is 0 Å². The molecule has 0 bridgehead atoms. The maximum absolute atomic E-state index is 12.1. The lowest BCUT2D eigenvalue weighted by atomic mass is 9.86. The van der Waals surface area contributed by atoms with Crippen LogP contribution in [0.2, 0.25) is 0 Å². The summed E-state index contributed by atoms with van der Waals surface area (Å²) in [6.07, 6.45) is 0.345. The van der Waals surface area contributed by atoms with Gasteiger partial charge in [0.1, 0.15) is 5.75 Å². The van der Waals surface area contributed by atoms with Crippen molar-refractivity contribution in [1.82, 2.24) is 0 Å². The highest BCUT2D eigenvalue weighted by Gasteiger charge is 2.32. The van der Waals surface area contributed by atoms with Gasteiger partial charge >= 0.3 is 0 Å². The van der Waals surface area contributed by atoms with E-state index in [2.05, 4.69) is 30.8 Å². The number of carbonyl (C=O) groups excluding carboxylic acids is 1. The second-order valence-corrected chi connectivity index (χ2v) is 6.44. The summed E-state index contributed by atoms with van der Waals surface area (Å²) < 4.78 is 0. The van der Waals surface area contributed by atoms with Gasteiger partial charge in [-0.15, -0.1) is 0 Å². The predicted molar refractivity (Wildman–Crippen MR) is 81.3 cm³/mol. The van der Waals surface area contributed by atoms with Crippen molar-refractivity contribution in [3.8, 4) is 5.75 Å². The molecule has 6 heteroatoms. The molecule has 1 N–H and O–H groups in total. The molecule has 2 rings (SSSR count). The summed E-state index contributed by atoms with van der Waals surface area (Å²) in [5.41, 5.74) is 9.90. The van der Waals surface area contributed by atoms with Crippen LogP contribution in [0.4, 0.5) is 5.69 Å². The standard InChI is InChI=1S/C15H20N4O2/c1-15(2,3)11-4-5-13(20)12(7-11)19-9-10(6-14(19)21)8-17-18-16/h4-5,7,10,20H,6,8-9H2,1-3H3. The molecule has 21 heavy (non-hydrogen) atoms. The monoisotopic (exact) mass is 288 g/mol. The van der Waals surface area contributed by atoms with Crippen LogP contribution in [0.25, 0.3) is 10.4 Å². The Hall–Kier alpha value is -2.20. The van der Waals surface area contributed by atoms with Crippen molar-refractivity contribution in [2.45, 2.75) is 32.6 Å². The van der Waals surface area contributed by atoms with Crippen molar-refractivity contribution in [2.75, 3.05) is 18.0 Å². The summed E-state index contributed by atoms with van der Waals surface area (Å²) in [6.45, 7) is 7.02. The van der Waals surface area contributed by atoms with Crippen molar-refractivity contribution in [3.05, 3.63) is 34.2 Å². The lowest BCUT2D eigenvalue weighted by Gasteiger charge is -2.24. The van der Waals surface area contributed by atoms with E-state index < -0.39 is 0 Å². The summed E-state index contributed by atoms with van der Waals surface area (Å²) in [7, 11) is 0. The van der Waals surface area contributed by atoms with Gasteiger partial charge in [-0.3, -0.25) is 4.79 Å². The Balaban J connectivity index is 2.29. The van der Waals surface area contributed by atoms with Crippen molar-refractivity contribution in [2.24, 2.45) is 11.0 Å². The number of carbonyl (C=O) groups is 1. The van der Waals surface area contributed by atoms with Crippen LogP contribution in [-0.4, -0.2) is 24.1 Å². The van der Waals surface area contributed by atoms with E-state index in [9.17, 15) is 9.90 Å². The topological polar surface area (TPSA) is 89.3 Å². The average molecular weight is 288 g/mol. The van der Waals surface area contributed by atoms with Gasteiger partial charge in [0.05, 0.1) is 5.69 Å². The number of aromatic hydroxyl groups is 1. The third-order valence-electron chi connectivity index (χ3n) is 3.74. The van der Waals surface area contributed by atoms with E-state index in [1.807, 2.05) is 12.1 Å². The number of amides is 1. The Kier molecular flexibility index (Phi) is 4.09. The lowest BCUT2D eigenvalue weighted by molar-refractivity contribution is -0.117. The van der Waals surface area contributed by atoms with Crippen LogP contribution in [-0.2, 0) is 10.2 Å². The second kappa shape index (κ2) is 5.66. The van der Waals surface area contributed by atoms with Crippen LogP contribution in [0, 0.1) is 5.92 Å². The number of phenols is 1. The molecule has 0 aromatic heterocycles. The molecule has 0 saturated carbocycles. The van der Waals surface area contributed by atoms with Gasteiger partial charge in [0, 0.05) is 24.4 Å². The highest BCUT2D eigenvalue weighted by molar-refractivity contribution is 5.97. The zero-order valence-corrected chi connectivity index (χ0v) is 12.6. The smallest absolute Gasteiger partial charge is 0.227 e. The van der Waals surface area contributed by atoms with Gasteiger partial charge in [-0.2, -0.15) is 0 Å². The number of hydrogen-bond donors (Lipinski definition) is 1. The van der Waals surface area contributed by atoms with E-state index in [1.54, 1.807) is 11.0 Å². The minimum atomic E-state index is -0.0598. The molecule has 1 aliphatic rings. The Bertz CT molecular complexity index is 600. The Morgan fingerprint density at radius 1 is 1.48 bits per heavy atom. The first-order chi connectivity index (χ1) is 9.82. The molecule has 1 aromatic carbocycles. The van der Waals surface area contributed by atoms with E-state index in [1.165, 1.54) is 0 Å². The number of benzene rings is 1. The Labute approximate surface area is 124 Å². The van der Waals surface area contributed by atoms with Crippen LogP contribution in [0.1, 0.15) is 32.8 Å². The summed E-state index contributed by atoms with van der Waals surface area (Å²) in [6, 6.07) is 5.37. The normalized spacial score (nSPS) is 18.7. The fourth-order valence-corrected chi connectivity index (χ4v) is 2.49. The molecule has 1 heterocycles. The number of azide groups is 1. The summed E-state index contributed by atoms with van der Waals surface area (Å²) in [5.74, 6) is 0.0568. The molecule has 1 atom stereocenters. The van der Waals surface area contributed by atoms with Gasteiger partial charge in [0.15, 0.2) is 0 Å². The zero-order chi connectivity index (χ0) is 15.6. The molecule has 0 radical (unpaired) electrons. The largest absolute Gasteiger partial charge is 0.506 e. The fourth-order valence-electron chi connectivity index (χ4n) is 2.49. The first kappa shape index (κ1) is 15.2. The number of rotatable bonds is 3. The average Bonchev–Trinajstić information content (AvgIpc) is 2.76. The Morgan fingerprint density at radius 3 is 2.81 bits per heavy atom. The SMILES string of the molecule is CC(C)(C)c1ccc(O)c(N2CC(CN=[N+]=[N-])CC2=O)c1. The molecule has 112 valence electrons. The van der Waals surface area contributed by atoms with Crippen molar-refractivity contribution in [3.63, 3.8) is 0 Å². The molecule has 1 amide bonds. The summed E-state index contributed by atoms with van der Waals surface area (Å²) in [4.78, 5) is 16.5. The molecule has 1 aliphatic heterocycles. The van der Waals surface area contributed by atoms with Crippen molar-refractivity contribution < 1.29 is 9.90 Å². The lowest BCUT2D eigenvalue weighted by Crippen LogP contribution is -2.25. The third kappa shape index (κ3) is 3.28. The van der Waals surface area contributed by atoms with Gasteiger partial charge in [-0.1, -0.05) is 32.0 Å². The zero-order valence-electron chi connectivity index (χ0n) is 12.6. The van der Waals surface area contributed by atoms with Crippen molar-refractivity contribution >= 4 is 11.6 Å². The molecule has 0 spiro atoms.